The fourth-order valence-electron chi connectivity index (χ4n) is 2.32. The van der Waals surface area contributed by atoms with Gasteiger partial charge in [-0.05, 0) is 36.7 Å². The lowest BCUT2D eigenvalue weighted by Crippen LogP contribution is -2.05. The van der Waals surface area contributed by atoms with Crippen LogP contribution < -0.4 is 0 Å². The van der Waals surface area contributed by atoms with Gasteiger partial charge in [0.05, 0.1) is 12.3 Å². The summed E-state index contributed by atoms with van der Waals surface area (Å²) in [5.74, 6) is 1.82. The molecule has 0 aromatic carbocycles. The summed E-state index contributed by atoms with van der Waals surface area (Å²) in [6.07, 6.45) is 3.69. The maximum absolute atomic E-state index is 9.00. The third-order valence-corrected chi connectivity index (χ3v) is 3.19. The van der Waals surface area contributed by atoms with Gasteiger partial charge in [0, 0.05) is 5.69 Å². The lowest BCUT2D eigenvalue weighted by Gasteiger charge is -2.09. The van der Waals surface area contributed by atoms with Crippen molar-refractivity contribution in [2.45, 2.75) is 25.9 Å². The Bertz CT molecular complexity index is 318. The Balaban J connectivity index is 2.03. The van der Waals surface area contributed by atoms with E-state index in [-0.39, 0.29) is 6.61 Å². The van der Waals surface area contributed by atoms with Gasteiger partial charge in [-0.3, -0.25) is 5.10 Å². The van der Waals surface area contributed by atoms with Crippen molar-refractivity contribution >= 4 is 0 Å². The summed E-state index contributed by atoms with van der Waals surface area (Å²) in [4.78, 5) is 0. The number of rotatable bonds is 1. The summed E-state index contributed by atoms with van der Waals surface area (Å²) in [6.45, 7) is 0.0865. The van der Waals surface area contributed by atoms with Crippen molar-refractivity contribution in [2.24, 2.45) is 11.8 Å². The number of nitrogens with zero attached hydrogens (tertiary/aromatic N) is 1. The number of aliphatic hydroxyl groups excluding tert-OH is 1. The number of aromatic nitrogens is 2. The minimum atomic E-state index is 0.0865. The first-order chi connectivity index (χ1) is 5.88. The predicted octanol–water partition coefficient (Wildman–Crippen LogP) is 0.637. The molecule has 2 atom stereocenters. The largest absolute Gasteiger partial charge is 0.390 e. The summed E-state index contributed by atoms with van der Waals surface area (Å²) in [7, 11) is 0. The van der Waals surface area contributed by atoms with Gasteiger partial charge in [-0.25, -0.2) is 0 Å². The third-order valence-electron chi connectivity index (χ3n) is 3.19. The van der Waals surface area contributed by atoms with Crippen molar-refractivity contribution in [3.63, 3.8) is 0 Å². The van der Waals surface area contributed by atoms with Crippen molar-refractivity contribution in [2.75, 3.05) is 0 Å². The van der Waals surface area contributed by atoms with Crippen LogP contribution in [0.2, 0.25) is 0 Å². The molecule has 0 saturated heterocycles. The van der Waals surface area contributed by atoms with Gasteiger partial charge >= 0.3 is 0 Å². The molecular weight excluding hydrogens is 152 g/mol. The first-order valence-corrected chi connectivity index (χ1v) is 4.54. The fraction of sp³-hybridized carbons (Fsp3) is 0.667. The van der Waals surface area contributed by atoms with Crippen molar-refractivity contribution in [1.82, 2.24) is 10.2 Å². The molecule has 2 aliphatic rings. The molecule has 3 nitrogen and oxygen atoms in total. The monoisotopic (exact) mass is 164 g/mol. The zero-order valence-electron chi connectivity index (χ0n) is 6.88. The van der Waals surface area contributed by atoms with Crippen molar-refractivity contribution < 1.29 is 5.11 Å². The topological polar surface area (TPSA) is 48.9 Å². The molecule has 64 valence electrons. The van der Waals surface area contributed by atoms with E-state index in [0.717, 1.165) is 30.4 Å². The molecular formula is C9H12N2O. The summed E-state index contributed by atoms with van der Waals surface area (Å²) >= 11 is 0. The number of aliphatic hydroxyl groups is 1. The van der Waals surface area contributed by atoms with E-state index in [9.17, 15) is 0 Å². The molecule has 0 bridgehead atoms. The molecule has 0 spiro atoms. The smallest absolute Gasteiger partial charge is 0.0911 e. The summed E-state index contributed by atoms with van der Waals surface area (Å²) in [6, 6.07) is 0. The van der Waals surface area contributed by atoms with E-state index >= 15 is 0 Å². The van der Waals surface area contributed by atoms with Gasteiger partial charge in [-0.15, -0.1) is 0 Å². The highest BCUT2D eigenvalue weighted by Crippen LogP contribution is 2.47. The molecule has 2 N–H and O–H groups in total. The first kappa shape index (κ1) is 6.66. The third kappa shape index (κ3) is 0.771. The Kier molecular flexibility index (Phi) is 1.17. The maximum atomic E-state index is 9.00. The molecule has 2 unspecified atom stereocenters. The Morgan fingerprint density at radius 2 is 2.25 bits per heavy atom. The predicted molar refractivity (Wildman–Crippen MR) is 43.5 cm³/mol. The highest BCUT2D eigenvalue weighted by atomic mass is 16.3. The molecule has 12 heavy (non-hydrogen) atoms. The normalized spacial score (nSPS) is 31.1. The van der Waals surface area contributed by atoms with E-state index in [1.54, 1.807) is 0 Å². The van der Waals surface area contributed by atoms with Gasteiger partial charge in [0.1, 0.15) is 0 Å². The maximum Gasteiger partial charge on any atom is 0.0911 e. The molecule has 1 heterocycles. The molecule has 3 heteroatoms. The van der Waals surface area contributed by atoms with Crippen LogP contribution in [0.15, 0.2) is 0 Å². The summed E-state index contributed by atoms with van der Waals surface area (Å²) in [5, 5.41) is 16.1. The standard InChI is InChI=1S/C9H12N2O/c12-4-9-7-2-5-1-6(5)3-8(7)10-11-9/h5-6,12H,1-4H2,(H,10,11). The number of H-pyrrole nitrogens is 1. The number of fused-ring (bicyclic) bond motifs is 2. The zero-order chi connectivity index (χ0) is 8.13. The second-order valence-corrected chi connectivity index (χ2v) is 3.95. The van der Waals surface area contributed by atoms with Crippen LogP contribution in [0.4, 0.5) is 0 Å². The second kappa shape index (κ2) is 2.10. The number of hydrogen-bond donors (Lipinski definition) is 2. The van der Waals surface area contributed by atoms with Crippen LogP contribution in [0.3, 0.4) is 0 Å². The van der Waals surface area contributed by atoms with Crippen molar-refractivity contribution in [1.29, 1.82) is 0 Å². The van der Waals surface area contributed by atoms with Crippen LogP contribution in [0.5, 0.6) is 0 Å². The highest BCUT2D eigenvalue weighted by molar-refractivity contribution is 5.31. The quantitative estimate of drug-likeness (QED) is 0.639. The Labute approximate surface area is 70.8 Å². The van der Waals surface area contributed by atoms with E-state index in [1.165, 1.54) is 17.7 Å². The van der Waals surface area contributed by atoms with E-state index in [4.69, 9.17) is 5.11 Å². The van der Waals surface area contributed by atoms with Gasteiger partial charge < -0.3 is 5.11 Å². The van der Waals surface area contributed by atoms with Crippen LogP contribution in [0, 0.1) is 11.8 Å². The number of nitrogens with one attached hydrogen (secondary N) is 1. The van der Waals surface area contributed by atoms with Crippen molar-refractivity contribution in [3.05, 3.63) is 17.0 Å². The zero-order valence-corrected chi connectivity index (χ0v) is 6.88. The molecule has 0 amide bonds. The summed E-state index contributed by atoms with van der Waals surface area (Å²) in [5.41, 5.74) is 3.45. The Morgan fingerprint density at radius 1 is 1.42 bits per heavy atom. The minimum Gasteiger partial charge on any atom is -0.390 e. The molecule has 3 rings (SSSR count). The van der Waals surface area contributed by atoms with Gasteiger partial charge in [-0.1, -0.05) is 0 Å². The molecule has 1 aromatic heterocycles. The van der Waals surface area contributed by atoms with E-state index in [2.05, 4.69) is 10.2 Å². The molecule has 1 fully saturated rings. The van der Waals surface area contributed by atoms with E-state index in [0.29, 0.717) is 0 Å². The fourth-order valence-corrected chi connectivity index (χ4v) is 2.32. The van der Waals surface area contributed by atoms with Gasteiger partial charge in [-0.2, -0.15) is 5.10 Å². The van der Waals surface area contributed by atoms with Crippen LogP contribution in [-0.2, 0) is 19.4 Å². The van der Waals surface area contributed by atoms with Crippen LogP contribution in [0.25, 0.3) is 0 Å². The number of aromatic amines is 1. The lowest BCUT2D eigenvalue weighted by molar-refractivity contribution is 0.275. The molecule has 1 aromatic rings. The number of hydrogen-bond acceptors (Lipinski definition) is 2. The molecule has 0 radical (unpaired) electrons. The molecule has 2 aliphatic carbocycles. The molecule has 1 saturated carbocycles. The van der Waals surface area contributed by atoms with Crippen LogP contribution >= 0.6 is 0 Å². The highest BCUT2D eigenvalue weighted by Gasteiger charge is 2.42. The molecule has 0 aliphatic heterocycles. The lowest BCUT2D eigenvalue weighted by atomic mass is 9.96. The average Bonchev–Trinajstić information content (AvgIpc) is 2.72. The van der Waals surface area contributed by atoms with Gasteiger partial charge in [0.15, 0.2) is 0 Å². The Morgan fingerprint density at radius 3 is 3.08 bits per heavy atom. The minimum absolute atomic E-state index is 0.0865. The SMILES string of the molecule is OCc1n[nH]c2c1CC1CC1C2. The van der Waals surface area contributed by atoms with Crippen molar-refractivity contribution in [3.8, 4) is 0 Å². The summed E-state index contributed by atoms with van der Waals surface area (Å²) < 4.78 is 0. The van der Waals surface area contributed by atoms with Gasteiger partial charge in [0.2, 0.25) is 0 Å². The van der Waals surface area contributed by atoms with Crippen LogP contribution in [0.1, 0.15) is 23.4 Å². The Hall–Kier alpha value is -0.830. The van der Waals surface area contributed by atoms with E-state index in [1.807, 2.05) is 0 Å². The van der Waals surface area contributed by atoms with E-state index < -0.39 is 0 Å². The van der Waals surface area contributed by atoms with Gasteiger partial charge in [0.25, 0.3) is 0 Å². The average molecular weight is 164 g/mol. The first-order valence-electron chi connectivity index (χ1n) is 4.54. The van der Waals surface area contributed by atoms with Crippen LogP contribution in [-0.4, -0.2) is 15.3 Å². The second-order valence-electron chi connectivity index (χ2n) is 3.95.